The number of cyclic esters (lactones) is 1. The summed E-state index contributed by atoms with van der Waals surface area (Å²) in [7, 11) is 0. The molecule has 0 aliphatic carbocycles. The topological polar surface area (TPSA) is 97.6 Å². The predicted molar refractivity (Wildman–Crippen MR) is 84.9 cm³/mol. The Morgan fingerprint density at radius 3 is 2.79 bits per heavy atom. The standard InChI is InChI=1S/C16H18N4O4/c1-11(22)12-2-4-14(5-3-12)20-10-15(24-16(20)23)9-19-8-13(6-7-21)17-18-19/h2-5,8,15,21H,6-7,9-10H2,1H3. The van der Waals surface area contributed by atoms with E-state index in [9.17, 15) is 9.59 Å². The molecule has 3 rings (SSSR count). The molecule has 2 aromatic rings. The number of carbonyl (C=O) groups is 2. The van der Waals surface area contributed by atoms with Crippen LogP contribution in [0.4, 0.5) is 10.5 Å². The lowest BCUT2D eigenvalue weighted by molar-refractivity contribution is 0.101. The molecule has 126 valence electrons. The van der Waals surface area contributed by atoms with Crippen LogP contribution < -0.4 is 4.90 Å². The van der Waals surface area contributed by atoms with Gasteiger partial charge in [0.25, 0.3) is 0 Å². The summed E-state index contributed by atoms with van der Waals surface area (Å²) in [4.78, 5) is 24.9. The molecule has 0 radical (unpaired) electrons. The number of benzene rings is 1. The third kappa shape index (κ3) is 3.43. The van der Waals surface area contributed by atoms with Crippen LogP contribution in [0.1, 0.15) is 23.0 Å². The fraction of sp³-hybridized carbons (Fsp3) is 0.375. The van der Waals surface area contributed by atoms with E-state index in [0.29, 0.717) is 36.5 Å². The van der Waals surface area contributed by atoms with E-state index >= 15 is 0 Å². The molecule has 2 heterocycles. The fourth-order valence-electron chi connectivity index (χ4n) is 2.57. The molecule has 24 heavy (non-hydrogen) atoms. The average molecular weight is 330 g/mol. The highest BCUT2D eigenvalue weighted by Crippen LogP contribution is 2.22. The Hall–Kier alpha value is -2.74. The van der Waals surface area contributed by atoms with Gasteiger partial charge in [-0.05, 0) is 31.2 Å². The van der Waals surface area contributed by atoms with Gasteiger partial charge in [0.05, 0.1) is 18.8 Å². The first-order chi connectivity index (χ1) is 11.6. The van der Waals surface area contributed by atoms with Gasteiger partial charge in [-0.2, -0.15) is 0 Å². The minimum atomic E-state index is -0.425. The molecule has 1 aromatic carbocycles. The van der Waals surface area contributed by atoms with Crippen LogP contribution in [0.5, 0.6) is 0 Å². The summed E-state index contributed by atoms with van der Waals surface area (Å²) in [5.74, 6) is -0.0201. The maximum atomic E-state index is 12.1. The Morgan fingerprint density at radius 2 is 2.12 bits per heavy atom. The maximum absolute atomic E-state index is 12.1. The van der Waals surface area contributed by atoms with Gasteiger partial charge >= 0.3 is 6.09 Å². The van der Waals surface area contributed by atoms with E-state index in [1.807, 2.05) is 0 Å². The van der Waals surface area contributed by atoms with Crippen LogP contribution in [0.15, 0.2) is 30.5 Å². The molecule has 1 aliphatic heterocycles. The van der Waals surface area contributed by atoms with Gasteiger partial charge in [-0.15, -0.1) is 5.10 Å². The zero-order valence-corrected chi connectivity index (χ0v) is 13.3. The summed E-state index contributed by atoms with van der Waals surface area (Å²) in [5.41, 5.74) is 1.98. The van der Waals surface area contributed by atoms with E-state index in [0.717, 1.165) is 0 Å². The molecule has 0 saturated carbocycles. The predicted octanol–water partition coefficient (Wildman–Crippen LogP) is 1.04. The summed E-state index contributed by atoms with van der Waals surface area (Å²) in [6.07, 6.45) is 1.41. The van der Waals surface area contributed by atoms with Crippen molar-refractivity contribution >= 4 is 17.6 Å². The number of ketones is 1. The third-order valence-corrected chi connectivity index (χ3v) is 3.80. The van der Waals surface area contributed by atoms with Gasteiger partial charge in [0.2, 0.25) is 0 Å². The highest BCUT2D eigenvalue weighted by atomic mass is 16.6. The first kappa shape index (κ1) is 16.1. The van der Waals surface area contributed by atoms with Crippen molar-refractivity contribution in [2.45, 2.75) is 26.0 Å². The van der Waals surface area contributed by atoms with Crippen LogP contribution in [-0.2, 0) is 17.7 Å². The monoisotopic (exact) mass is 330 g/mol. The molecular weight excluding hydrogens is 312 g/mol. The average Bonchev–Trinajstić information content (AvgIpc) is 3.15. The number of Topliss-reactive ketones (excluding diaryl/α,β-unsaturated/α-hetero) is 1. The van der Waals surface area contributed by atoms with Crippen LogP contribution in [0, 0.1) is 0 Å². The number of aliphatic hydroxyl groups excluding tert-OH is 1. The number of hydrogen-bond acceptors (Lipinski definition) is 6. The lowest BCUT2D eigenvalue weighted by Crippen LogP contribution is -2.26. The largest absolute Gasteiger partial charge is 0.442 e. The van der Waals surface area contributed by atoms with Crippen molar-refractivity contribution < 1.29 is 19.4 Å². The summed E-state index contributed by atoms with van der Waals surface area (Å²) in [6, 6.07) is 6.85. The second kappa shape index (κ2) is 6.79. The molecule has 1 atom stereocenters. The number of rotatable bonds is 6. The number of anilines is 1. The molecule has 1 saturated heterocycles. The van der Waals surface area contributed by atoms with E-state index in [2.05, 4.69) is 10.3 Å². The zero-order valence-electron chi connectivity index (χ0n) is 13.3. The van der Waals surface area contributed by atoms with Crippen molar-refractivity contribution in [2.24, 2.45) is 0 Å². The van der Waals surface area contributed by atoms with E-state index in [1.54, 1.807) is 35.1 Å². The third-order valence-electron chi connectivity index (χ3n) is 3.80. The van der Waals surface area contributed by atoms with Crippen LogP contribution >= 0.6 is 0 Å². The Labute approximate surface area is 138 Å². The van der Waals surface area contributed by atoms with Crippen molar-refractivity contribution in [3.8, 4) is 0 Å². The van der Waals surface area contributed by atoms with Crippen molar-refractivity contribution in [3.05, 3.63) is 41.7 Å². The lowest BCUT2D eigenvalue weighted by atomic mass is 10.1. The Morgan fingerprint density at radius 1 is 1.38 bits per heavy atom. The molecule has 1 aromatic heterocycles. The SMILES string of the molecule is CC(=O)c1ccc(N2CC(Cn3cc(CCO)nn3)OC2=O)cc1. The molecule has 0 spiro atoms. The molecule has 1 unspecified atom stereocenters. The van der Waals surface area contributed by atoms with Gasteiger partial charge < -0.3 is 9.84 Å². The van der Waals surface area contributed by atoms with Gasteiger partial charge in [0.15, 0.2) is 5.78 Å². The van der Waals surface area contributed by atoms with Crippen molar-refractivity contribution in [1.82, 2.24) is 15.0 Å². The van der Waals surface area contributed by atoms with Gasteiger partial charge in [-0.1, -0.05) is 5.21 Å². The fourth-order valence-corrected chi connectivity index (χ4v) is 2.57. The molecule has 1 aliphatic rings. The van der Waals surface area contributed by atoms with Crippen molar-refractivity contribution in [2.75, 3.05) is 18.1 Å². The highest BCUT2D eigenvalue weighted by Gasteiger charge is 2.32. The summed E-state index contributed by atoms with van der Waals surface area (Å²) in [6.45, 7) is 2.30. The van der Waals surface area contributed by atoms with Crippen LogP contribution in [0.3, 0.4) is 0 Å². The molecule has 8 heteroatoms. The Balaban J connectivity index is 1.65. The van der Waals surface area contributed by atoms with Gasteiger partial charge in [-0.25, -0.2) is 9.48 Å². The molecule has 1 N–H and O–H groups in total. The van der Waals surface area contributed by atoms with Crippen LogP contribution in [0.2, 0.25) is 0 Å². The van der Waals surface area contributed by atoms with E-state index in [1.165, 1.54) is 11.8 Å². The molecule has 8 nitrogen and oxygen atoms in total. The smallest absolute Gasteiger partial charge is 0.414 e. The number of aromatic nitrogens is 3. The zero-order chi connectivity index (χ0) is 17.1. The Kier molecular flexibility index (Phi) is 4.57. The normalized spacial score (nSPS) is 17.2. The maximum Gasteiger partial charge on any atom is 0.414 e. The second-order valence-electron chi connectivity index (χ2n) is 5.62. The molecule has 1 fully saturated rings. The summed E-state index contributed by atoms with van der Waals surface area (Å²) < 4.78 is 6.96. The highest BCUT2D eigenvalue weighted by molar-refractivity contribution is 5.95. The first-order valence-electron chi connectivity index (χ1n) is 7.66. The van der Waals surface area contributed by atoms with E-state index in [-0.39, 0.29) is 18.5 Å². The van der Waals surface area contributed by atoms with Gasteiger partial charge in [0, 0.05) is 30.5 Å². The first-order valence-corrected chi connectivity index (χ1v) is 7.66. The van der Waals surface area contributed by atoms with Crippen LogP contribution in [0.25, 0.3) is 0 Å². The van der Waals surface area contributed by atoms with Crippen molar-refractivity contribution in [1.29, 1.82) is 0 Å². The molecule has 1 amide bonds. The molecular formula is C16H18N4O4. The summed E-state index contributed by atoms with van der Waals surface area (Å²) in [5, 5.41) is 16.8. The summed E-state index contributed by atoms with van der Waals surface area (Å²) >= 11 is 0. The number of hydrogen-bond donors (Lipinski definition) is 1. The number of nitrogens with zero attached hydrogens (tertiary/aromatic N) is 4. The Bertz CT molecular complexity index is 741. The number of amides is 1. The number of carbonyl (C=O) groups excluding carboxylic acids is 2. The van der Waals surface area contributed by atoms with E-state index < -0.39 is 6.09 Å². The lowest BCUT2D eigenvalue weighted by Gasteiger charge is -2.13. The molecule has 0 bridgehead atoms. The van der Waals surface area contributed by atoms with E-state index in [4.69, 9.17) is 9.84 Å². The van der Waals surface area contributed by atoms with Gasteiger partial charge in [0.1, 0.15) is 6.10 Å². The second-order valence-corrected chi connectivity index (χ2v) is 5.62. The number of aliphatic hydroxyl groups is 1. The minimum absolute atomic E-state index is 0.0150. The quantitative estimate of drug-likeness (QED) is 0.795. The number of ether oxygens (including phenoxy) is 1. The minimum Gasteiger partial charge on any atom is -0.442 e. The van der Waals surface area contributed by atoms with Crippen LogP contribution in [-0.4, -0.2) is 51.2 Å². The van der Waals surface area contributed by atoms with Crippen molar-refractivity contribution in [3.63, 3.8) is 0 Å². The van der Waals surface area contributed by atoms with Gasteiger partial charge in [-0.3, -0.25) is 9.69 Å².